The Kier molecular flexibility index (Phi) is 5.26. The maximum absolute atomic E-state index is 11.6. The Labute approximate surface area is 147 Å². The highest BCUT2D eigenvalue weighted by atomic mass is 32.2. The normalized spacial score (nSPS) is 10.9. The van der Waals surface area contributed by atoms with Gasteiger partial charge in [0.25, 0.3) is 0 Å². The van der Waals surface area contributed by atoms with E-state index >= 15 is 0 Å². The molecule has 0 aliphatic heterocycles. The second kappa shape index (κ2) is 6.66. The van der Waals surface area contributed by atoms with E-state index in [2.05, 4.69) is 0 Å². The molecule has 4 nitrogen and oxygen atoms in total. The van der Waals surface area contributed by atoms with Gasteiger partial charge in [0.2, 0.25) is 0 Å². The minimum Gasteiger partial charge on any atom is -0.325 e. The first kappa shape index (κ1) is 17.4. The average Bonchev–Trinajstić information content (AvgIpc) is 2.86. The molecule has 0 aliphatic carbocycles. The molecule has 0 saturated carbocycles. The largest absolute Gasteiger partial charge is 0.325 e. The summed E-state index contributed by atoms with van der Waals surface area (Å²) in [5.74, 6) is 0.0732. The first-order valence-electron chi connectivity index (χ1n) is 6.66. The number of ketones is 2. The first-order valence-corrected chi connectivity index (χ1v) is 9.11. The van der Waals surface area contributed by atoms with Crippen molar-refractivity contribution in [2.45, 2.75) is 40.8 Å². The van der Waals surface area contributed by atoms with Gasteiger partial charge < -0.3 is 9.13 Å². The van der Waals surface area contributed by atoms with E-state index in [9.17, 15) is 9.59 Å². The Morgan fingerprint density at radius 2 is 1.18 bits per heavy atom. The van der Waals surface area contributed by atoms with Crippen LogP contribution in [-0.4, -0.2) is 20.7 Å². The van der Waals surface area contributed by atoms with Crippen LogP contribution in [-0.2, 0) is 13.1 Å². The van der Waals surface area contributed by atoms with Gasteiger partial charge in [0, 0.05) is 38.3 Å². The van der Waals surface area contributed by atoms with Gasteiger partial charge in [-0.3, -0.25) is 9.59 Å². The Morgan fingerprint density at radius 3 is 1.41 bits per heavy atom. The molecule has 0 spiro atoms. The standard InChI is InChI=1S/C14H16N2O2S4/c1-7-11(9(3)17)21-13(19)15(7)5-6-16-8(2)12(10(4)18)22-14(16)20/h5-6H2,1-4H3. The van der Waals surface area contributed by atoms with Crippen LogP contribution in [0.2, 0.25) is 0 Å². The Hall–Kier alpha value is -0.960. The third kappa shape index (κ3) is 3.19. The summed E-state index contributed by atoms with van der Waals surface area (Å²) in [6.45, 7) is 8.19. The highest BCUT2D eigenvalue weighted by molar-refractivity contribution is 7.73. The van der Waals surface area contributed by atoms with Crippen molar-refractivity contribution in [2.75, 3.05) is 0 Å². The Bertz CT molecular complexity index is 794. The fourth-order valence-corrected chi connectivity index (χ4v) is 5.11. The number of thiazole rings is 2. The molecule has 0 amide bonds. The highest BCUT2D eigenvalue weighted by Gasteiger charge is 2.15. The average molecular weight is 373 g/mol. The molecule has 2 heterocycles. The molecule has 8 heteroatoms. The Balaban J connectivity index is 2.32. The number of aromatic nitrogens is 2. The lowest BCUT2D eigenvalue weighted by atomic mass is 10.3. The van der Waals surface area contributed by atoms with E-state index in [1.807, 2.05) is 23.0 Å². The van der Waals surface area contributed by atoms with Crippen LogP contribution in [0.25, 0.3) is 0 Å². The number of hydrogen-bond donors (Lipinski definition) is 0. The van der Waals surface area contributed by atoms with Crippen LogP contribution >= 0.6 is 47.1 Å². The molecular formula is C14H16N2O2S4. The molecule has 0 bridgehead atoms. The van der Waals surface area contributed by atoms with Gasteiger partial charge in [-0.25, -0.2) is 0 Å². The molecule has 0 atom stereocenters. The van der Waals surface area contributed by atoms with E-state index in [1.165, 1.54) is 22.7 Å². The highest BCUT2D eigenvalue weighted by Crippen LogP contribution is 2.22. The second-order valence-electron chi connectivity index (χ2n) is 4.98. The maximum Gasteiger partial charge on any atom is 0.171 e. The van der Waals surface area contributed by atoms with Crippen LogP contribution in [0.1, 0.15) is 44.6 Å². The topological polar surface area (TPSA) is 44.0 Å². The fourth-order valence-electron chi connectivity index (χ4n) is 2.32. The van der Waals surface area contributed by atoms with E-state index in [0.717, 1.165) is 11.4 Å². The van der Waals surface area contributed by atoms with Crippen LogP contribution in [0.15, 0.2) is 0 Å². The molecule has 0 saturated heterocycles. The van der Waals surface area contributed by atoms with Gasteiger partial charge in [-0.15, -0.1) is 22.7 Å². The van der Waals surface area contributed by atoms with Crippen LogP contribution in [0.5, 0.6) is 0 Å². The molecule has 2 aromatic rings. The maximum atomic E-state index is 11.6. The number of carbonyl (C=O) groups excluding carboxylic acids is 2. The van der Waals surface area contributed by atoms with Crippen LogP contribution in [0, 0.1) is 21.8 Å². The van der Waals surface area contributed by atoms with E-state index in [-0.39, 0.29) is 11.6 Å². The summed E-state index contributed by atoms with van der Waals surface area (Å²) in [6, 6.07) is 0. The zero-order chi connectivity index (χ0) is 16.6. The number of hydrogen-bond acceptors (Lipinski definition) is 6. The summed E-state index contributed by atoms with van der Waals surface area (Å²) >= 11 is 13.4. The predicted molar refractivity (Wildman–Crippen MR) is 95.8 cm³/mol. The summed E-state index contributed by atoms with van der Waals surface area (Å²) < 4.78 is 5.30. The molecule has 0 radical (unpaired) electrons. The first-order chi connectivity index (χ1) is 10.2. The van der Waals surface area contributed by atoms with E-state index in [1.54, 1.807) is 13.8 Å². The lowest BCUT2D eigenvalue weighted by Gasteiger charge is -2.09. The summed E-state index contributed by atoms with van der Waals surface area (Å²) in [5.41, 5.74) is 1.79. The number of Topliss-reactive ketones (excluding diaryl/α,β-unsaturated/α-hetero) is 2. The fraction of sp³-hybridized carbons (Fsp3) is 0.429. The molecule has 2 aromatic heterocycles. The molecule has 0 N–H and O–H groups in total. The molecule has 0 unspecified atom stereocenters. The summed E-state index contributed by atoms with van der Waals surface area (Å²) in [5, 5.41) is 0. The molecular weight excluding hydrogens is 356 g/mol. The second-order valence-corrected chi connectivity index (χ2v) is 8.27. The molecule has 118 valence electrons. The smallest absolute Gasteiger partial charge is 0.171 e. The summed E-state index contributed by atoms with van der Waals surface area (Å²) in [6.07, 6.45) is 0. The van der Waals surface area contributed by atoms with Gasteiger partial charge in [-0.05, 0) is 38.3 Å². The van der Waals surface area contributed by atoms with Crippen molar-refractivity contribution in [3.05, 3.63) is 29.1 Å². The summed E-state index contributed by atoms with van der Waals surface area (Å²) in [7, 11) is 0. The van der Waals surface area contributed by atoms with E-state index < -0.39 is 0 Å². The third-order valence-corrected chi connectivity index (χ3v) is 6.78. The van der Waals surface area contributed by atoms with Crippen molar-refractivity contribution < 1.29 is 9.59 Å². The van der Waals surface area contributed by atoms with Crippen LogP contribution in [0.4, 0.5) is 0 Å². The monoisotopic (exact) mass is 372 g/mol. The van der Waals surface area contributed by atoms with Crippen molar-refractivity contribution in [1.29, 1.82) is 0 Å². The van der Waals surface area contributed by atoms with Gasteiger partial charge >= 0.3 is 0 Å². The van der Waals surface area contributed by atoms with Gasteiger partial charge in [0.1, 0.15) is 0 Å². The SMILES string of the molecule is CC(=O)c1sc(=S)n(CCn2c(C)c(C(C)=O)sc2=S)c1C. The quantitative estimate of drug-likeness (QED) is 0.568. The molecule has 0 aromatic carbocycles. The molecule has 2 rings (SSSR count). The lowest BCUT2D eigenvalue weighted by molar-refractivity contribution is 0.101. The van der Waals surface area contributed by atoms with Crippen molar-refractivity contribution >= 4 is 58.7 Å². The summed E-state index contributed by atoms with van der Waals surface area (Å²) in [4.78, 5) is 24.6. The van der Waals surface area contributed by atoms with Crippen molar-refractivity contribution in [3.63, 3.8) is 0 Å². The van der Waals surface area contributed by atoms with Crippen molar-refractivity contribution in [2.24, 2.45) is 0 Å². The van der Waals surface area contributed by atoms with Crippen molar-refractivity contribution in [3.8, 4) is 0 Å². The van der Waals surface area contributed by atoms with E-state index in [0.29, 0.717) is 30.8 Å². The van der Waals surface area contributed by atoms with Gasteiger partial charge in [0.05, 0.1) is 9.75 Å². The van der Waals surface area contributed by atoms with Crippen LogP contribution < -0.4 is 0 Å². The molecule has 22 heavy (non-hydrogen) atoms. The lowest BCUT2D eigenvalue weighted by Crippen LogP contribution is -2.11. The predicted octanol–water partition coefficient (Wildman–Crippen LogP) is 4.59. The zero-order valence-corrected chi connectivity index (χ0v) is 16.0. The van der Waals surface area contributed by atoms with Gasteiger partial charge in [-0.2, -0.15) is 0 Å². The zero-order valence-electron chi connectivity index (χ0n) is 12.8. The number of nitrogens with zero attached hydrogens (tertiary/aromatic N) is 2. The van der Waals surface area contributed by atoms with Gasteiger partial charge in [-0.1, -0.05) is 0 Å². The minimum atomic E-state index is 0.0366. The number of carbonyl (C=O) groups is 2. The molecule has 0 aliphatic rings. The Morgan fingerprint density at radius 1 is 0.864 bits per heavy atom. The van der Waals surface area contributed by atoms with E-state index in [4.69, 9.17) is 24.4 Å². The third-order valence-electron chi connectivity index (χ3n) is 3.47. The minimum absolute atomic E-state index is 0.0366. The van der Waals surface area contributed by atoms with Crippen molar-refractivity contribution in [1.82, 2.24) is 9.13 Å². The van der Waals surface area contributed by atoms with Crippen LogP contribution in [0.3, 0.4) is 0 Å². The molecule has 0 fully saturated rings. The van der Waals surface area contributed by atoms with Gasteiger partial charge in [0.15, 0.2) is 19.5 Å². The number of rotatable bonds is 5.